The standard InChI is InChI=1S/C20H19ClN2O4S/c1-14-2-5-17(6-3-14)28(25,26)23-10-8-22(9-11-23)20(24)19-13-15-12-16(21)4-7-18(15)27-19/h2-7,12-13H,8-11H2,1H3. The molecule has 146 valence electrons. The fourth-order valence-electron chi connectivity index (χ4n) is 3.27. The van der Waals surface area contributed by atoms with Crippen molar-refractivity contribution in [2.24, 2.45) is 0 Å². The van der Waals surface area contributed by atoms with Gasteiger partial charge in [-0.25, -0.2) is 8.42 Å². The van der Waals surface area contributed by atoms with E-state index in [1.54, 1.807) is 53.4 Å². The van der Waals surface area contributed by atoms with Crippen molar-refractivity contribution >= 4 is 38.5 Å². The van der Waals surface area contributed by atoms with Crippen molar-refractivity contribution in [3.63, 3.8) is 0 Å². The van der Waals surface area contributed by atoms with Crippen molar-refractivity contribution in [2.75, 3.05) is 26.2 Å². The predicted octanol–water partition coefficient (Wildman–Crippen LogP) is 3.54. The van der Waals surface area contributed by atoms with Gasteiger partial charge < -0.3 is 9.32 Å². The van der Waals surface area contributed by atoms with E-state index in [1.165, 1.54) is 4.31 Å². The molecule has 0 saturated carbocycles. The number of nitrogens with zero attached hydrogens (tertiary/aromatic N) is 2. The maximum atomic E-state index is 12.8. The van der Waals surface area contributed by atoms with Crippen LogP contribution in [0.15, 0.2) is 57.8 Å². The van der Waals surface area contributed by atoms with Crippen LogP contribution in [0.2, 0.25) is 5.02 Å². The zero-order valence-electron chi connectivity index (χ0n) is 15.3. The second kappa shape index (κ2) is 7.24. The molecule has 3 aromatic rings. The van der Waals surface area contributed by atoms with Gasteiger partial charge in [-0.15, -0.1) is 0 Å². The Bertz CT molecular complexity index is 1130. The van der Waals surface area contributed by atoms with Crippen molar-refractivity contribution in [1.82, 2.24) is 9.21 Å². The van der Waals surface area contributed by atoms with Crippen LogP contribution >= 0.6 is 11.6 Å². The number of halogens is 1. The van der Waals surface area contributed by atoms with Crippen molar-refractivity contribution in [2.45, 2.75) is 11.8 Å². The first-order valence-corrected chi connectivity index (χ1v) is 10.7. The maximum Gasteiger partial charge on any atom is 0.289 e. The van der Waals surface area contributed by atoms with Gasteiger partial charge in [0.05, 0.1) is 4.90 Å². The Morgan fingerprint density at radius 2 is 1.68 bits per heavy atom. The molecule has 1 fully saturated rings. The molecule has 0 unspecified atom stereocenters. The van der Waals surface area contributed by atoms with Crippen LogP contribution in [0.3, 0.4) is 0 Å². The largest absolute Gasteiger partial charge is 0.451 e. The van der Waals surface area contributed by atoms with Gasteiger partial charge in [0.1, 0.15) is 5.58 Å². The number of piperazine rings is 1. The van der Waals surface area contributed by atoms with Gasteiger partial charge in [-0.3, -0.25) is 4.79 Å². The summed E-state index contributed by atoms with van der Waals surface area (Å²) in [5.41, 5.74) is 1.59. The molecular formula is C20H19ClN2O4S. The zero-order valence-corrected chi connectivity index (χ0v) is 16.8. The molecule has 1 amide bonds. The zero-order chi connectivity index (χ0) is 19.9. The number of rotatable bonds is 3. The molecule has 0 aliphatic carbocycles. The topological polar surface area (TPSA) is 70.8 Å². The lowest BCUT2D eigenvalue weighted by atomic mass is 10.2. The molecule has 4 rings (SSSR count). The van der Waals surface area contributed by atoms with Gasteiger partial charge in [0.15, 0.2) is 5.76 Å². The molecule has 0 spiro atoms. The number of aryl methyl sites for hydroxylation is 1. The van der Waals surface area contributed by atoms with Gasteiger partial charge >= 0.3 is 0 Å². The Labute approximate surface area is 168 Å². The summed E-state index contributed by atoms with van der Waals surface area (Å²) in [4.78, 5) is 14.6. The van der Waals surface area contributed by atoms with Crippen LogP contribution in [0.25, 0.3) is 11.0 Å². The minimum absolute atomic E-state index is 0.229. The Kier molecular flexibility index (Phi) is 4.91. The van der Waals surface area contributed by atoms with E-state index in [0.29, 0.717) is 23.7 Å². The third kappa shape index (κ3) is 3.53. The van der Waals surface area contributed by atoms with E-state index in [0.717, 1.165) is 10.9 Å². The van der Waals surface area contributed by atoms with Crippen LogP contribution in [-0.2, 0) is 10.0 Å². The Morgan fingerprint density at radius 1 is 1.00 bits per heavy atom. The van der Waals surface area contributed by atoms with Crippen LogP contribution in [0, 0.1) is 6.92 Å². The van der Waals surface area contributed by atoms with Crippen molar-refractivity contribution < 1.29 is 17.6 Å². The van der Waals surface area contributed by atoms with Crippen LogP contribution < -0.4 is 0 Å². The molecule has 0 atom stereocenters. The number of benzene rings is 2. The lowest BCUT2D eigenvalue weighted by Crippen LogP contribution is -2.50. The van der Waals surface area contributed by atoms with Crippen LogP contribution in [0.4, 0.5) is 0 Å². The van der Waals surface area contributed by atoms with Crippen LogP contribution in [0.5, 0.6) is 0 Å². The van der Waals surface area contributed by atoms with Gasteiger partial charge in [0.25, 0.3) is 5.91 Å². The van der Waals surface area contributed by atoms with Gasteiger partial charge in [0.2, 0.25) is 10.0 Å². The highest BCUT2D eigenvalue weighted by Crippen LogP contribution is 2.25. The van der Waals surface area contributed by atoms with E-state index in [1.807, 2.05) is 6.92 Å². The van der Waals surface area contributed by atoms with E-state index in [-0.39, 0.29) is 29.7 Å². The quantitative estimate of drug-likeness (QED) is 0.652. The molecule has 2 heterocycles. The van der Waals surface area contributed by atoms with E-state index in [4.69, 9.17) is 16.0 Å². The Balaban J connectivity index is 1.47. The molecule has 0 radical (unpaired) electrons. The van der Waals surface area contributed by atoms with Gasteiger partial charge in [-0.1, -0.05) is 29.3 Å². The molecule has 0 N–H and O–H groups in total. The number of carbonyl (C=O) groups is 1. The third-order valence-corrected chi connectivity index (χ3v) is 7.02. The first-order chi connectivity index (χ1) is 13.3. The second-order valence-corrected chi connectivity index (χ2v) is 9.18. The number of amides is 1. The van der Waals surface area contributed by atoms with E-state index in [9.17, 15) is 13.2 Å². The lowest BCUT2D eigenvalue weighted by molar-refractivity contribution is 0.0668. The molecule has 1 aromatic heterocycles. The molecule has 28 heavy (non-hydrogen) atoms. The average molecular weight is 419 g/mol. The van der Waals surface area contributed by atoms with Gasteiger partial charge in [-0.05, 0) is 43.3 Å². The van der Waals surface area contributed by atoms with E-state index >= 15 is 0 Å². The molecule has 6 nitrogen and oxygen atoms in total. The first kappa shape index (κ1) is 19.0. The molecule has 1 aliphatic heterocycles. The summed E-state index contributed by atoms with van der Waals surface area (Å²) in [5.74, 6) is -0.0215. The highest BCUT2D eigenvalue weighted by atomic mass is 35.5. The molecule has 0 bridgehead atoms. The van der Waals surface area contributed by atoms with E-state index < -0.39 is 10.0 Å². The first-order valence-electron chi connectivity index (χ1n) is 8.90. The summed E-state index contributed by atoms with van der Waals surface area (Å²) in [6.07, 6.45) is 0. The minimum Gasteiger partial charge on any atom is -0.451 e. The summed E-state index contributed by atoms with van der Waals surface area (Å²) >= 11 is 5.97. The fraction of sp³-hybridized carbons (Fsp3) is 0.250. The number of hydrogen-bond acceptors (Lipinski definition) is 4. The van der Waals surface area contributed by atoms with Gasteiger partial charge in [0, 0.05) is 36.6 Å². The lowest BCUT2D eigenvalue weighted by Gasteiger charge is -2.33. The monoisotopic (exact) mass is 418 g/mol. The smallest absolute Gasteiger partial charge is 0.289 e. The molecule has 2 aromatic carbocycles. The highest BCUT2D eigenvalue weighted by molar-refractivity contribution is 7.89. The van der Waals surface area contributed by atoms with Gasteiger partial charge in [-0.2, -0.15) is 4.31 Å². The SMILES string of the molecule is Cc1ccc(S(=O)(=O)N2CCN(C(=O)c3cc4cc(Cl)ccc4o3)CC2)cc1. The number of furan rings is 1. The summed E-state index contributed by atoms with van der Waals surface area (Å²) in [5, 5.41) is 1.33. The number of sulfonamides is 1. The summed E-state index contributed by atoms with van der Waals surface area (Å²) < 4.78 is 32.6. The summed E-state index contributed by atoms with van der Waals surface area (Å²) in [7, 11) is -3.56. The Morgan fingerprint density at radius 3 is 2.36 bits per heavy atom. The third-order valence-electron chi connectivity index (χ3n) is 4.87. The normalized spacial score (nSPS) is 15.9. The molecule has 8 heteroatoms. The summed E-state index contributed by atoms with van der Waals surface area (Å²) in [6.45, 7) is 3.01. The van der Waals surface area contributed by atoms with Crippen molar-refractivity contribution in [1.29, 1.82) is 0 Å². The second-order valence-electron chi connectivity index (χ2n) is 6.80. The molecule has 1 aliphatic rings. The number of carbonyl (C=O) groups excluding carboxylic acids is 1. The van der Waals surface area contributed by atoms with Crippen LogP contribution in [-0.4, -0.2) is 49.7 Å². The molecular weight excluding hydrogens is 400 g/mol. The van der Waals surface area contributed by atoms with Crippen LogP contribution in [0.1, 0.15) is 16.1 Å². The highest BCUT2D eigenvalue weighted by Gasteiger charge is 2.31. The molecule has 1 saturated heterocycles. The van der Waals surface area contributed by atoms with E-state index in [2.05, 4.69) is 0 Å². The minimum atomic E-state index is -3.56. The maximum absolute atomic E-state index is 12.8. The van der Waals surface area contributed by atoms with Crippen molar-refractivity contribution in [3.8, 4) is 0 Å². The number of fused-ring (bicyclic) bond motifs is 1. The predicted molar refractivity (Wildman–Crippen MR) is 107 cm³/mol. The average Bonchev–Trinajstić information content (AvgIpc) is 3.11. The summed E-state index contributed by atoms with van der Waals surface area (Å²) in [6, 6.07) is 13.6. The fourth-order valence-corrected chi connectivity index (χ4v) is 4.87. The van der Waals surface area contributed by atoms with Crippen molar-refractivity contribution in [3.05, 3.63) is 64.9 Å². The number of hydrogen-bond donors (Lipinski definition) is 0. The Hall–Kier alpha value is -2.35.